The number of amides is 8. The summed E-state index contributed by atoms with van der Waals surface area (Å²) in [6, 6.07) is -4.98. The van der Waals surface area contributed by atoms with Gasteiger partial charge in [0.2, 0.25) is 47.3 Å². The minimum Gasteiger partial charge on any atom is -0.508 e. The van der Waals surface area contributed by atoms with Gasteiger partial charge in [-0.1, -0.05) is 84.3 Å². The highest BCUT2D eigenvalue weighted by atomic mass is 16.3. The van der Waals surface area contributed by atoms with Gasteiger partial charge in [-0.3, -0.25) is 38.4 Å². The molecule has 2 bridgehead atoms. The summed E-state index contributed by atoms with van der Waals surface area (Å²) >= 11 is 0. The Morgan fingerprint density at radius 1 is 0.659 bits per heavy atom. The second-order valence-electron chi connectivity index (χ2n) is 22.7. The van der Waals surface area contributed by atoms with Crippen molar-refractivity contribution in [2.45, 2.75) is 216 Å². The molecule has 3 fully saturated rings. The highest BCUT2D eigenvalue weighted by Crippen LogP contribution is 2.26. The number of hydrogen-bond acceptors (Lipinski definition) is 18. The number of carbonyl (C=O) groups excluding carboxylic acids is 8. The standard InChI is InChI=1S/C56H93N9O17/c1-5-31(2)25-32(3)15-11-8-6-7-9-12-17-44(73)59-38-27-41(70)53(79)63-50(76)37-29-64(30-42(37)71)55(81)46(40(69)22-24-58-43(72)16-13-10-14-23-57)61-54(80)47(49(75)48(74)34-18-20-35(67)21-19-34)62-52(78)39-26-36(68)28-65(39)56(82)45(33(4)66)60-51(38)77/h18-21,31-33,36-42,45-49,53,66-71,74-75,79H,5-17,22-30,57H2,1-4H3,(H,58,72)(H,59,73)(H,60,77)(H,61,80)(H,62,78)(H,63,76)/t31?,32?,33-,36-,37?,38?,39?,40-,41-,42+,45+,46+,47+,48+,49+,53-/m1/s1. The summed E-state index contributed by atoms with van der Waals surface area (Å²) in [7, 11) is 0. The van der Waals surface area contributed by atoms with Gasteiger partial charge < -0.3 is 93.4 Å². The molecule has 3 aliphatic heterocycles. The lowest BCUT2D eigenvalue weighted by Crippen LogP contribution is -2.64. The van der Waals surface area contributed by atoms with Gasteiger partial charge >= 0.3 is 0 Å². The number of hydrogen-bond donors (Lipinski definition) is 16. The van der Waals surface area contributed by atoms with E-state index >= 15 is 0 Å². The summed E-state index contributed by atoms with van der Waals surface area (Å²) in [6.07, 6.45) is -6.51. The van der Waals surface area contributed by atoms with E-state index in [1.54, 1.807) is 0 Å². The third kappa shape index (κ3) is 21.2. The molecule has 0 aliphatic carbocycles. The molecule has 5 unspecified atom stereocenters. The fourth-order valence-electron chi connectivity index (χ4n) is 10.6. The summed E-state index contributed by atoms with van der Waals surface area (Å²) in [6.45, 7) is 6.24. The summed E-state index contributed by atoms with van der Waals surface area (Å²) in [5.74, 6) is -8.68. The van der Waals surface area contributed by atoms with E-state index < -0.39 is 171 Å². The number of aliphatic hydroxyl groups is 8. The molecule has 0 radical (unpaired) electrons. The lowest BCUT2D eigenvalue weighted by atomic mass is 9.91. The molecule has 464 valence electrons. The first kappa shape index (κ1) is 68.9. The van der Waals surface area contributed by atoms with Gasteiger partial charge in [0.15, 0.2) is 6.23 Å². The number of unbranched alkanes of at least 4 members (excludes halogenated alkanes) is 7. The minimum atomic E-state index is -2.32. The van der Waals surface area contributed by atoms with Crippen molar-refractivity contribution in [2.75, 3.05) is 32.7 Å². The fourth-order valence-corrected chi connectivity index (χ4v) is 10.6. The van der Waals surface area contributed by atoms with Crippen molar-refractivity contribution in [3.8, 4) is 5.75 Å². The molecular weight excluding hydrogens is 1070 g/mol. The highest BCUT2D eigenvalue weighted by molar-refractivity contribution is 5.97. The maximum atomic E-state index is 14.6. The molecule has 8 amide bonds. The van der Waals surface area contributed by atoms with Crippen LogP contribution in [0.3, 0.4) is 0 Å². The average Bonchev–Trinajstić information content (AvgIpc) is 4.07. The number of nitrogens with one attached hydrogen (secondary N) is 6. The Hall–Kier alpha value is -5.58. The van der Waals surface area contributed by atoms with Crippen molar-refractivity contribution >= 4 is 47.3 Å². The Morgan fingerprint density at radius 3 is 1.91 bits per heavy atom. The molecule has 26 nitrogen and oxygen atoms in total. The Kier molecular flexibility index (Phi) is 28.8. The SMILES string of the molecule is CCC(C)CC(C)CCCCCCCCC(=O)NC1C[C@@H](O)[C@@H](O)NC(=O)C2CN(C[C@@H]2O)C(=O)[C@H]([C@H](O)CCNC(=O)CCCCCN)NC(=O)[C@H]([C@H](O)[C@@H](O)c2ccc(O)cc2)NC(=O)C2C[C@@H](O)CN2C(=O)[C@H]([C@@H](C)O)NC1=O. The van der Waals surface area contributed by atoms with Gasteiger partial charge in [0.05, 0.1) is 30.3 Å². The molecule has 0 spiro atoms. The van der Waals surface area contributed by atoms with Crippen molar-refractivity contribution in [1.82, 2.24) is 41.7 Å². The predicted octanol–water partition coefficient (Wildman–Crippen LogP) is -2.33. The number of fused-ring (bicyclic) bond motifs is 3. The van der Waals surface area contributed by atoms with Gasteiger partial charge in [0.1, 0.15) is 54.3 Å². The van der Waals surface area contributed by atoms with E-state index in [4.69, 9.17) is 5.73 Å². The Bertz CT molecular complexity index is 2230. The van der Waals surface area contributed by atoms with Gasteiger partial charge in [-0.15, -0.1) is 0 Å². The lowest BCUT2D eigenvalue weighted by Gasteiger charge is -2.34. The van der Waals surface area contributed by atoms with E-state index in [9.17, 15) is 84.3 Å². The molecule has 3 aliphatic rings. The van der Waals surface area contributed by atoms with Crippen molar-refractivity contribution in [3.63, 3.8) is 0 Å². The smallest absolute Gasteiger partial charge is 0.248 e. The Labute approximate surface area is 479 Å². The van der Waals surface area contributed by atoms with Crippen molar-refractivity contribution in [1.29, 1.82) is 0 Å². The molecular formula is C56H93N9O17. The predicted molar refractivity (Wildman–Crippen MR) is 297 cm³/mol. The number of rotatable bonds is 26. The number of aromatic hydroxyl groups is 1. The summed E-state index contributed by atoms with van der Waals surface area (Å²) < 4.78 is 0. The zero-order valence-corrected chi connectivity index (χ0v) is 47.9. The topological polar surface area (TPSA) is 423 Å². The molecule has 3 saturated heterocycles. The molecule has 0 saturated carbocycles. The molecule has 0 aromatic heterocycles. The van der Waals surface area contributed by atoms with E-state index in [-0.39, 0.29) is 30.7 Å². The molecule has 1 aromatic carbocycles. The van der Waals surface area contributed by atoms with E-state index in [0.29, 0.717) is 50.5 Å². The number of nitrogens with zero attached hydrogens (tertiary/aromatic N) is 2. The quantitative estimate of drug-likeness (QED) is 0.0433. The second kappa shape index (κ2) is 34.3. The number of nitrogens with two attached hydrogens (primary N) is 1. The maximum absolute atomic E-state index is 14.6. The van der Waals surface area contributed by atoms with E-state index in [0.717, 1.165) is 67.4 Å². The van der Waals surface area contributed by atoms with Crippen LogP contribution in [0.25, 0.3) is 0 Å². The van der Waals surface area contributed by atoms with Crippen molar-refractivity contribution < 1.29 is 84.3 Å². The van der Waals surface area contributed by atoms with Crippen LogP contribution in [0.4, 0.5) is 0 Å². The molecule has 26 heteroatoms. The molecule has 82 heavy (non-hydrogen) atoms. The third-order valence-corrected chi connectivity index (χ3v) is 15.8. The fraction of sp³-hybridized carbons (Fsp3) is 0.750. The highest BCUT2D eigenvalue weighted by Gasteiger charge is 2.48. The Morgan fingerprint density at radius 2 is 1.27 bits per heavy atom. The van der Waals surface area contributed by atoms with Crippen LogP contribution in [0, 0.1) is 17.8 Å². The number of phenols is 1. The van der Waals surface area contributed by atoms with Gasteiger partial charge in [0, 0.05) is 51.9 Å². The van der Waals surface area contributed by atoms with Gasteiger partial charge in [-0.2, -0.15) is 0 Å². The van der Waals surface area contributed by atoms with E-state index in [1.165, 1.54) is 18.6 Å². The van der Waals surface area contributed by atoms with Crippen LogP contribution in [0.1, 0.15) is 149 Å². The summed E-state index contributed by atoms with van der Waals surface area (Å²) in [5.41, 5.74) is 5.46. The first-order valence-electron chi connectivity index (χ1n) is 29.2. The normalized spacial score (nSPS) is 27.5. The largest absolute Gasteiger partial charge is 0.508 e. The zero-order valence-electron chi connectivity index (χ0n) is 47.9. The van der Waals surface area contributed by atoms with Crippen LogP contribution in [0.2, 0.25) is 0 Å². The second-order valence-corrected chi connectivity index (χ2v) is 22.7. The maximum Gasteiger partial charge on any atom is 0.248 e. The van der Waals surface area contributed by atoms with Crippen LogP contribution in [-0.2, 0) is 38.4 Å². The minimum absolute atomic E-state index is 0.0643. The molecule has 4 rings (SSSR count). The van der Waals surface area contributed by atoms with E-state index in [2.05, 4.69) is 52.7 Å². The lowest BCUT2D eigenvalue weighted by molar-refractivity contribution is -0.146. The van der Waals surface area contributed by atoms with Crippen LogP contribution < -0.4 is 37.6 Å². The average molecular weight is 1160 g/mol. The van der Waals surface area contributed by atoms with Crippen molar-refractivity contribution in [3.05, 3.63) is 29.8 Å². The monoisotopic (exact) mass is 1160 g/mol. The molecule has 3 heterocycles. The van der Waals surface area contributed by atoms with Gasteiger partial charge in [-0.05, 0) is 75.1 Å². The molecule has 16 atom stereocenters. The molecule has 17 N–H and O–H groups in total. The van der Waals surface area contributed by atoms with Gasteiger partial charge in [-0.25, -0.2) is 0 Å². The number of benzene rings is 1. The van der Waals surface area contributed by atoms with Crippen LogP contribution in [0.15, 0.2) is 24.3 Å². The molecule has 1 aromatic rings. The number of aliphatic hydroxyl groups excluding tert-OH is 8. The van der Waals surface area contributed by atoms with Crippen LogP contribution in [-0.4, -0.2) is 209 Å². The number of phenolic OH excluding ortho intramolecular Hbond substituents is 1. The third-order valence-electron chi connectivity index (χ3n) is 15.8. The number of carbonyl (C=O) groups is 8. The first-order valence-corrected chi connectivity index (χ1v) is 29.2. The summed E-state index contributed by atoms with van der Waals surface area (Å²) in [5, 5.41) is 115. The summed E-state index contributed by atoms with van der Waals surface area (Å²) in [4.78, 5) is 114. The van der Waals surface area contributed by atoms with E-state index in [1.807, 2.05) is 0 Å². The Balaban J connectivity index is 1.68. The van der Waals surface area contributed by atoms with Gasteiger partial charge in [0.25, 0.3) is 0 Å². The zero-order chi connectivity index (χ0) is 60.8. The first-order chi connectivity index (χ1) is 38.9. The van der Waals surface area contributed by atoms with Crippen LogP contribution >= 0.6 is 0 Å². The van der Waals surface area contributed by atoms with Crippen LogP contribution in [0.5, 0.6) is 5.75 Å². The van der Waals surface area contributed by atoms with Crippen molar-refractivity contribution in [2.24, 2.45) is 23.5 Å².